The van der Waals surface area contributed by atoms with Crippen molar-refractivity contribution in [2.75, 3.05) is 0 Å². The van der Waals surface area contributed by atoms with Crippen LogP contribution in [0.4, 0.5) is 13.2 Å². The molecular formula is C18H23F3N2O3. The van der Waals surface area contributed by atoms with Gasteiger partial charge in [-0.3, -0.25) is 14.4 Å². The number of hydrogen-bond donors (Lipinski definition) is 2. The van der Waals surface area contributed by atoms with Crippen LogP contribution in [0.15, 0.2) is 30.3 Å². The summed E-state index contributed by atoms with van der Waals surface area (Å²) in [5.41, 5.74) is 0.482. The Hall–Kier alpha value is -2.38. The molecule has 0 aromatic heterocycles. The van der Waals surface area contributed by atoms with Gasteiger partial charge in [-0.1, -0.05) is 44.2 Å². The molecule has 2 amide bonds. The van der Waals surface area contributed by atoms with Gasteiger partial charge in [0.25, 0.3) is 5.78 Å². The maximum absolute atomic E-state index is 12.9. The van der Waals surface area contributed by atoms with E-state index in [-0.39, 0.29) is 18.8 Å². The summed E-state index contributed by atoms with van der Waals surface area (Å²) in [5.74, 6) is -3.30. The van der Waals surface area contributed by atoms with E-state index in [9.17, 15) is 27.6 Å². The van der Waals surface area contributed by atoms with Crippen LogP contribution in [0.1, 0.15) is 32.8 Å². The molecule has 1 aromatic carbocycles. The van der Waals surface area contributed by atoms with Crippen molar-refractivity contribution in [1.82, 2.24) is 10.6 Å². The Bertz CT molecular complexity index is 630. The van der Waals surface area contributed by atoms with Gasteiger partial charge >= 0.3 is 6.18 Å². The fourth-order valence-corrected chi connectivity index (χ4v) is 2.48. The van der Waals surface area contributed by atoms with E-state index in [1.807, 2.05) is 13.8 Å². The van der Waals surface area contributed by atoms with Crippen molar-refractivity contribution >= 4 is 17.6 Å². The quantitative estimate of drug-likeness (QED) is 0.736. The molecule has 2 unspecified atom stereocenters. The highest BCUT2D eigenvalue weighted by atomic mass is 19.4. The number of carbonyl (C=O) groups excluding carboxylic acids is 3. The van der Waals surface area contributed by atoms with Gasteiger partial charge < -0.3 is 10.6 Å². The normalized spacial score (nSPS) is 13.8. The van der Waals surface area contributed by atoms with Crippen LogP contribution in [0.2, 0.25) is 0 Å². The van der Waals surface area contributed by atoms with Crippen molar-refractivity contribution in [2.45, 2.75) is 51.9 Å². The van der Waals surface area contributed by atoms with Crippen molar-refractivity contribution in [2.24, 2.45) is 5.92 Å². The summed E-state index contributed by atoms with van der Waals surface area (Å²) in [6.45, 7) is 4.83. The lowest BCUT2D eigenvalue weighted by Crippen LogP contribution is -2.54. The second kappa shape index (κ2) is 9.35. The molecule has 0 saturated carbocycles. The highest BCUT2D eigenvalue weighted by molar-refractivity contribution is 5.95. The summed E-state index contributed by atoms with van der Waals surface area (Å²) >= 11 is 0. The van der Waals surface area contributed by atoms with Crippen LogP contribution < -0.4 is 10.6 Å². The molecule has 5 nitrogen and oxygen atoms in total. The van der Waals surface area contributed by atoms with Gasteiger partial charge in [0.1, 0.15) is 12.1 Å². The predicted octanol–water partition coefficient (Wildman–Crippen LogP) is 2.40. The highest BCUT2D eigenvalue weighted by Crippen LogP contribution is 2.20. The molecule has 1 rings (SSSR count). The van der Waals surface area contributed by atoms with Gasteiger partial charge in [-0.2, -0.15) is 13.2 Å². The Morgan fingerprint density at radius 1 is 1.00 bits per heavy atom. The number of amides is 2. The Labute approximate surface area is 150 Å². The molecule has 0 aliphatic carbocycles. The van der Waals surface area contributed by atoms with Crippen molar-refractivity contribution in [1.29, 1.82) is 0 Å². The predicted molar refractivity (Wildman–Crippen MR) is 90.2 cm³/mol. The largest absolute Gasteiger partial charge is 0.452 e. The Morgan fingerprint density at radius 3 is 2.04 bits per heavy atom. The smallest absolute Gasteiger partial charge is 0.345 e. The van der Waals surface area contributed by atoms with Gasteiger partial charge in [0.05, 0.1) is 0 Å². The fourth-order valence-electron chi connectivity index (χ4n) is 2.48. The summed E-state index contributed by atoms with van der Waals surface area (Å²) in [4.78, 5) is 35.4. The third kappa shape index (κ3) is 7.25. The van der Waals surface area contributed by atoms with E-state index >= 15 is 0 Å². The van der Waals surface area contributed by atoms with E-state index in [0.29, 0.717) is 5.56 Å². The van der Waals surface area contributed by atoms with Gasteiger partial charge in [-0.25, -0.2) is 0 Å². The summed E-state index contributed by atoms with van der Waals surface area (Å²) in [6.07, 6.45) is -5.13. The topological polar surface area (TPSA) is 75.3 Å². The first-order valence-electron chi connectivity index (χ1n) is 8.23. The number of rotatable bonds is 8. The molecule has 144 valence electrons. The number of halogens is 3. The first kappa shape index (κ1) is 21.7. The van der Waals surface area contributed by atoms with Crippen molar-refractivity contribution < 1.29 is 27.6 Å². The molecule has 0 bridgehead atoms. The zero-order chi connectivity index (χ0) is 19.9. The zero-order valence-corrected chi connectivity index (χ0v) is 14.9. The summed E-state index contributed by atoms with van der Waals surface area (Å²) in [6, 6.07) is 5.33. The molecule has 2 atom stereocenters. The number of benzene rings is 1. The first-order chi connectivity index (χ1) is 12.0. The monoisotopic (exact) mass is 372 g/mol. The van der Waals surface area contributed by atoms with Crippen LogP contribution in [0.25, 0.3) is 0 Å². The average Bonchev–Trinajstić information content (AvgIpc) is 2.52. The van der Waals surface area contributed by atoms with Crippen LogP contribution in [-0.2, 0) is 20.8 Å². The molecule has 0 aliphatic rings. The van der Waals surface area contributed by atoms with E-state index in [2.05, 4.69) is 10.6 Å². The summed E-state index contributed by atoms with van der Waals surface area (Å²) < 4.78 is 38.7. The molecule has 0 radical (unpaired) electrons. The van der Waals surface area contributed by atoms with E-state index in [4.69, 9.17) is 0 Å². The lowest BCUT2D eigenvalue weighted by molar-refractivity contribution is -0.173. The van der Waals surface area contributed by atoms with Crippen LogP contribution in [0.3, 0.4) is 0 Å². The minimum Gasteiger partial charge on any atom is -0.345 e. The Morgan fingerprint density at radius 2 is 1.58 bits per heavy atom. The second-order valence-corrected chi connectivity index (χ2v) is 6.50. The van der Waals surface area contributed by atoms with Crippen molar-refractivity contribution in [3.8, 4) is 0 Å². The van der Waals surface area contributed by atoms with Crippen molar-refractivity contribution in [3.63, 3.8) is 0 Å². The molecular weight excluding hydrogens is 349 g/mol. The SMILES string of the molecule is CC(=O)NC(CC(C)C)C(=O)NC(Cc1ccccc1)C(=O)C(F)(F)F. The van der Waals surface area contributed by atoms with Crippen LogP contribution in [0, 0.1) is 5.92 Å². The number of nitrogens with one attached hydrogen (secondary N) is 2. The molecule has 0 spiro atoms. The standard InChI is InChI=1S/C18H23F3N2O3/c1-11(2)9-15(22-12(3)24)17(26)23-14(16(25)18(19,20)21)10-13-7-5-4-6-8-13/h4-8,11,14-15H,9-10H2,1-3H3,(H,22,24)(H,23,26). The molecule has 0 fully saturated rings. The van der Waals surface area contributed by atoms with Crippen LogP contribution in [0.5, 0.6) is 0 Å². The maximum Gasteiger partial charge on any atom is 0.452 e. The molecule has 2 N–H and O–H groups in total. The van der Waals surface area contributed by atoms with Crippen LogP contribution >= 0.6 is 0 Å². The molecule has 1 aromatic rings. The number of ketones is 1. The summed E-state index contributed by atoms with van der Waals surface area (Å²) in [5, 5.41) is 4.57. The van der Waals surface area contributed by atoms with E-state index < -0.39 is 35.9 Å². The fraction of sp³-hybridized carbons (Fsp3) is 0.500. The van der Waals surface area contributed by atoms with E-state index in [0.717, 1.165) is 0 Å². The van der Waals surface area contributed by atoms with Crippen molar-refractivity contribution in [3.05, 3.63) is 35.9 Å². The number of hydrogen-bond acceptors (Lipinski definition) is 3. The lowest BCUT2D eigenvalue weighted by atomic mass is 9.99. The number of carbonyl (C=O) groups is 3. The average molecular weight is 372 g/mol. The van der Waals surface area contributed by atoms with Gasteiger partial charge in [-0.15, -0.1) is 0 Å². The maximum atomic E-state index is 12.9. The second-order valence-electron chi connectivity index (χ2n) is 6.50. The number of alkyl halides is 3. The molecule has 26 heavy (non-hydrogen) atoms. The third-order valence-corrected chi connectivity index (χ3v) is 3.60. The lowest BCUT2D eigenvalue weighted by Gasteiger charge is -2.24. The highest BCUT2D eigenvalue weighted by Gasteiger charge is 2.44. The van der Waals surface area contributed by atoms with Gasteiger partial charge in [0.2, 0.25) is 11.8 Å². The minimum atomic E-state index is -5.08. The Kier molecular flexibility index (Phi) is 7.79. The zero-order valence-electron chi connectivity index (χ0n) is 14.9. The van der Waals surface area contributed by atoms with Gasteiger partial charge in [-0.05, 0) is 17.9 Å². The first-order valence-corrected chi connectivity index (χ1v) is 8.23. The van der Waals surface area contributed by atoms with Gasteiger partial charge in [0, 0.05) is 13.3 Å². The molecule has 0 saturated heterocycles. The summed E-state index contributed by atoms with van der Waals surface area (Å²) in [7, 11) is 0. The van der Waals surface area contributed by atoms with E-state index in [1.54, 1.807) is 30.3 Å². The number of Topliss-reactive ketones (excluding diaryl/α,β-unsaturated/α-hetero) is 1. The molecule has 0 aliphatic heterocycles. The molecule has 8 heteroatoms. The minimum absolute atomic E-state index is 0.0171. The van der Waals surface area contributed by atoms with Gasteiger partial charge in [0.15, 0.2) is 0 Å². The van der Waals surface area contributed by atoms with E-state index in [1.165, 1.54) is 6.92 Å². The molecule has 0 heterocycles. The van der Waals surface area contributed by atoms with Crippen LogP contribution in [-0.4, -0.2) is 35.9 Å². The Balaban J connectivity index is 3.00. The third-order valence-electron chi connectivity index (χ3n) is 3.60.